The Balaban J connectivity index is 2.92. The lowest BCUT2D eigenvalue weighted by molar-refractivity contribution is 0.555. The van der Waals surface area contributed by atoms with Gasteiger partial charge in [-0.1, -0.05) is 13.3 Å². The number of unbranched alkanes of at least 4 members (excludes halogenated alkanes) is 1. The van der Waals surface area contributed by atoms with Crippen LogP contribution in [0.2, 0.25) is 0 Å². The smallest absolute Gasteiger partial charge is 0.0643 e. The Morgan fingerprint density at radius 1 is 1.43 bits per heavy atom. The van der Waals surface area contributed by atoms with Crippen LogP contribution in [0.15, 0.2) is 0 Å². The normalized spacial score (nSPS) is 13.2. The van der Waals surface area contributed by atoms with E-state index in [1.54, 1.807) is 0 Å². The molecule has 0 radical (unpaired) electrons. The van der Waals surface area contributed by atoms with E-state index < -0.39 is 0 Å². The van der Waals surface area contributed by atoms with Gasteiger partial charge in [-0.25, -0.2) is 0 Å². The zero-order valence-electron chi connectivity index (χ0n) is 9.47. The van der Waals surface area contributed by atoms with Gasteiger partial charge in [0.15, 0.2) is 0 Å². The molecule has 0 bridgehead atoms. The van der Waals surface area contributed by atoms with Gasteiger partial charge in [0.05, 0.1) is 11.1 Å². The van der Waals surface area contributed by atoms with E-state index in [9.17, 15) is 0 Å². The maximum absolute atomic E-state index is 6.11. The van der Waals surface area contributed by atoms with Crippen LogP contribution in [-0.4, -0.2) is 9.78 Å². The predicted octanol–water partition coefficient (Wildman–Crippen LogP) is 3.60. The molecule has 3 heteroatoms. The highest BCUT2D eigenvalue weighted by Gasteiger charge is 2.14. The summed E-state index contributed by atoms with van der Waals surface area (Å²) in [6.45, 7) is 9.33. The fraction of sp³-hybridized carbons (Fsp3) is 0.727. The minimum atomic E-state index is 0.0605. The Morgan fingerprint density at radius 2 is 2.07 bits per heavy atom. The highest BCUT2D eigenvalue weighted by molar-refractivity contribution is 6.20. The van der Waals surface area contributed by atoms with Crippen molar-refractivity contribution in [3.05, 3.63) is 17.0 Å². The lowest BCUT2D eigenvalue weighted by atomic mass is 10.1. The van der Waals surface area contributed by atoms with E-state index in [1.807, 2.05) is 13.8 Å². The quantitative estimate of drug-likeness (QED) is 0.701. The molecule has 1 unspecified atom stereocenters. The van der Waals surface area contributed by atoms with E-state index >= 15 is 0 Å². The number of hydrogen-bond acceptors (Lipinski definition) is 1. The van der Waals surface area contributed by atoms with Crippen molar-refractivity contribution < 1.29 is 0 Å². The minimum absolute atomic E-state index is 0.0605. The SMILES string of the molecule is CCCCn1nc(C)c(C(C)Cl)c1C. The number of nitrogens with zero attached hydrogens (tertiary/aromatic N) is 2. The summed E-state index contributed by atoms with van der Waals surface area (Å²) >= 11 is 6.11. The summed E-state index contributed by atoms with van der Waals surface area (Å²) in [5, 5.41) is 4.56. The van der Waals surface area contributed by atoms with Gasteiger partial charge in [0.2, 0.25) is 0 Å². The van der Waals surface area contributed by atoms with Gasteiger partial charge in [0, 0.05) is 17.8 Å². The van der Waals surface area contributed by atoms with Crippen LogP contribution in [0.3, 0.4) is 0 Å². The first-order valence-corrected chi connectivity index (χ1v) is 5.69. The Hall–Kier alpha value is -0.500. The number of rotatable bonds is 4. The fourth-order valence-electron chi connectivity index (χ4n) is 1.81. The Kier molecular flexibility index (Phi) is 3.99. The molecule has 80 valence electrons. The molecule has 0 saturated heterocycles. The molecule has 0 aliphatic rings. The van der Waals surface area contributed by atoms with Crippen molar-refractivity contribution >= 4 is 11.6 Å². The van der Waals surface area contributed by atoms with E-state index in [0.29, 0.717) is 0 Å². The molecule has 1 heterocycles. The lowest BCUT2D eigenvalue weighted by Crippen LogP contribution is -2.02. The first-order chi connectivity index (χ1) is 6.57. The first kappa shape index (κ1) is 11.6. The minimum Gasteiger partial charge on any atom is -0.269 e. The van der Waals surface area contributed by atoms with Gasteiger partial charge in [-0.15, -0.1) is 11.6 Å². The monoisotopic (exact) mass is 214 g/mol. The summed E-state index contributed by atoms with van der Waals surface area (Å²) in [6.07, 6.45) is 2.38. The molecule has 0 aliphatic heterocycles. The van der Waals surface area contributed by atoms with Gasteiger partial charge in [0.25, 0.3) is 0 Å². The summed E-state index contributed by atoms with van der Waals surface area (Å²) in [5.41, 5.74) is 3.49. The van der Waals surface area contributed by atoms with Gasteiger partial charge in [-0.2, -0.15) is 5.10 Å². The van der Waals surface area contributed by atoms with E-state index in [2.05, 4.69) is 23.6 Å². The molecule has 1 atom stereocenters. The molecule has 1 rings (SSSR count). The fourth-order valence-corrected chi connectivity index (χ4v) is 2.13. The van der Waals surface area contributed by atoms with Gasteiger partial charge >= 0.3 is 0 Å². The van der Waals surface area contributed by atoms with Crippen molar-refractivity contribution in [2.45, 2.75) is 52.5 Å². The van der Waals surface area contributed by atoms with E-state index in [0.717, 1.165) is 12.2 Å². The van der Waals surface area contributed by atoms with Crippen molar-refractivity contribution in [3.8, 4) is 0 Å². The van der Waals surface area contributed by atoms with Crippen LogP contribution < -0.4 is 0 Å². The molecule has 1 aromatic rings. The second-order valence-electron chi connectivity index (χ2n) is 3.78. The van der Waals surface area contributed by atoms with Crippen LogP contribution in [-0.2, 0) is 6.54 Å². The molecule has 14 heavy (non-hydrogen) atoms. The van der Waals surface area contributed by atoms with Crippen LogP contribution in [0.1, 0.15) is 49.0 Å². The number of aryl methyl sites for hydroxylation is 2. The second kappa shape index (κ2) is 4.83. The second-order valence-corrected chi connectivity index (χ2v) is 4.43. The van der Waals surface area contributed by atoms with Crippen molar-refractivity contribution in [3.63, 3.8) is 0 Å². The van der Waals surface area contributed by atoms with Gasteiger partial charge in [-0.05, 0) is 27.2 Å². The number of alkyl halides is 1. The highest BCUT2D eigenvalue weighted by atomic mass is 35.5. The molecule has 2 nitrogen and oxygen atoms in total. The topological polar surface area (TPSA) is 17.8 Å². The predicted molar refractivity (Wildman–Crippen MR) is 60.9 cm³/mol. The molecule has 0 spiro atoms. The maximum atomic E-state index is 6.11. The lowest BCUT2D eigenvalue weighted by Gasteiger charge is -2.05. The molecule has 1 aromatic heterocycles. The molecule has 0 amide bonds. The third-order valence-corrected chi connectivity index (χ3v) is 2.78. The molecule has 0 saturated carbocycles. The Morgan fingerprint density at radius 3 is 2.50 bits per heavy atom. The average Bonchev–Trinajstić information content (AvgIpc) is 2.38. The summed E-state index contributed by atoms with van der Waals surface area (Å²) in [7, 11) is 0. The first-order valence-electron chi connectivity index (χ1n) is 5.25. The third kappa shape index (κ3) is 2.30. The van der Waals surface area contributed by atoms with E-state index in [4.69, 9.17) is 11.6 Å². The van der Waals surface area contributed by atoms with E-state index in [-0.39, 0.29) is 5.38 Å². The number of hydrogen-bond donors (Lipinski definition) is 0. The van der Waals surface area contributed by atoms with Crippen LogP contribution in [0.25, 0.3) is 0 Å². The molecule has 0 fully saturated rings. The van der Waals surface area contributed by atoms with Crippen molar-refractivity contribution in [1.29, 1.82) is 0 Å². The summed E-state index contributed by atoms with van der Waals surface area (Å²) in [5.74, 6) is 0. The molecular weight excluding hydrogens is 196 g/mol. The molecule has 0 aromatic carbocycles. The largest absolute Gasteiger partial charge is 0.269 e. The summed E-state index contributed by atoms with van der Waals surface area (Å²) < 4.78 is 2.08. The highest BCUT2D eigenvalue weighted by Crippen LogP contribution is 2.26. The molecule has 0 aliphatic carbocycles. The summed E-state index contributed by atoms with van der Waals surface area (Å²) in [4.78, 5) is 0. The maximum Gasteiger partial charge on any atom is 0.0643 e. The standard InChI is InChI=1S/C11H19ClN2/c1-5-6-7-14-10(4)11(8(2)12)9(3)13-14/h8H,5-7H2,1-4H3. The molecular formula is C11H19ClN2. The van der Waals surface area contributed by atoms with Crippen molar-refractivity contribution in [1.82, 2.24) is 9.78 Å². The van der Waals surface area contributed by atoms with Crippen LogP contribution in [0, 0.1) is 13.8 Å². The van der Waals surface area contributed by atoms with Gasteiger partial charge in [-0.3, -0.25) is 4.68 Å². The van der Waals surface area contributed by atoms with Gasteiger partial charge < -0.3 is 0 Å². The van der Waals surface area contributed by atoms with E-state index in [1.165, 1.54) is 24.1 Å². The Bertz CT molecular complexity index is 302. The average molecular weight is 215 g/mol. The molecule has 0 N–H and O–H groups in total. The van der Waals surface area contributed by atoms with Crippen LogP contribution >= 0.6 is 11.6 Å². The zero-order valence-corrected chi connectivity index (χ0v) is 10.2. The summed E-state index contributed by atoms with van der Waals surface area (Å²) in [6, 6.07) is 0. The van der Waals surface area contributed by atoms with Crippen molar-refractivity contribution in [2.24, 2.45) is 0 Å². The van der Waals surface area contributed by atoms with Crippen LogP contribution in [0.5, 0.6) is 0 Å². The zero-order chi connectivity index (χ0) is 10.7. The number of halogens is 1. The number of aromatic nitrogens is 2. The third-order valence-electron chi connectivity index (χ3n) is 2.56. The van der Waals surface area contributed by atoms with Crippen molar-refractivity contribution in [2.75, 3.05) is 0 Å². The van der Waals surface area contributed by atoms with Gasteiger partial charge in [0.1, 0.15) is 0 Å². The Labute approximate surface area is 91.3 Å². The van der Waals surface area contributed by atoms with Crippen LogP contribution in [0.4, 0.5) is 0 Å².